The van der Waals surface area contributed by atoms with E-state index in [0.29, 0.717) is 30.0 Å². The largest absolute Gasteiger partial charge is 0.493 e. The Kier molecular flexibility index (Phi) is 7.49. The molecule has 3 rings (SSSR count). The van der Waals surface area contributed by atoms with Crippen LogP contribution in [0.1, 0.15) is 11.1 Å². The summed E-state index contributed by atoms with van der Waals surface area (Å²) in [6, 6.07) is 14.7. The molecule has 0 saturated carbocycles. The zero-order valence-electron chi connectivity index (χ0n) is 17.8. The second-order valence-corrected chi connectivity index (χ2v) is 6.81. The topological polar surface area (TPSA) is 113 Å². The highest BCUT2D eigenvalue weighted by Crippen LogP contribution is 2.29. The molecule has 0 fully saturated rings. The average molecular weight is 433 g/mol. The van der Waals surface area contributed by atoms with Crippen LogP contribution in [0.4, 0.5) is 0 Å². The molecule has 8 nitrogen and oxygen atoms in total. The number of carbonyl (C=O) groups is 2. The van der Waals surface area contributed by atoms with Gasteiger partial charge >= 0.3 is 5.97 Å². The summed E-state index contributed by atoms with van der Waals surface area (Å²) in [5.41, 5.74) is 2.68. The summed E-state index contributed by atoms with van der Waals surface area (Å²) in [5.74, 6) is -0.277. The monoisotopic (exact) mass is 433 g/mol. The number of nitriles is 1. The van der Waals surface area contributed by atoms with Crippen LogP contribution in [0, 0.1) is 11.3 Å². The first-order valence-corrected chi connectivity index (χ1v) is 9.88. The van der Waals surface area contributed by atoms with E-state index in [1.165, 1.54) is 20.3 Å². The van der Waals surface area contributed by atoms with E-state index in [2.05, 4.69) is 15.0 Å². The van der Waals surface area contributed by atoms with Gasteiger partial charge in [0.05, 0.1) is 14.2 Å². The van der Waals surface area contributed by atoms with Crippen LogP contribution < -0.4 is 14.8 Å². The van der Waals surface area contributed by atoms with Crippen LogP contribution in [0.2, 0.25) is 0 Å². The van der Waals surface area contributed by atoms with Gasteiger partial charge in [-0.25, -0.2) is 4.79 Å². The van der Waals surface area contributed by atoms with Crippen LogP contribution in [-0.2, 0) is 20.7 Å². The Balaban J connectivity index is 1.64. The number of amides is 1. The Morgan fingerprint density at radius 3 is 2.72 bits per heavy atom. The third kappa shape index (κ3) is 5.46. The lowest BCUT2D eigenvalue weighted by molar-refractivity contribution is -0.142. The molecule has 8 heteroatoms. The molecule has 2 N–H and O–H groups in total. The number of rotatable bonds is 9. The number of H-pyrrole nitrogens is 1. The molecule has 0 saturated heterocycles. The second-order valence-electron chi connectivity index (χ2n) is 6.81. The highest BCUT2D eigenvalue weighted by molar-refractivity contribution is 6.01. The Morgan fingerprint density at radius 2 is 1.97 bits per heavy atom. The van der Waals surface area contributed by atoms with Gasteiger partial charge in [-0.2, -0.15) is 5.26 Å². The number of aromatic amines is 1. The summed E-state index contributed by atoms with van der Waals surface area (Å²) in [6.45, 7) is 0.133. The number of aromatic nitrogens is 1. The van der Waals surface area contributed by atoms with Crippen LogP contribution >= 0.6 is 0 Å². The number of esters is 1. The molecule has 0 aliphatic heterocycles. The van der Waals surface area contributed by atoms with Crippen LogP contribution in [-0.4, -0.2) is 44.2 Å². The van der Waals surface area contributed by atoms with Gasteiger partial charge in [0.1, 0.15) is 11.6 Å². The van der Waals surface area contributed by atoms with Gasteiger partial charge in [0.2, 0.25) is 0 Å². The molecule has 1 aromatic heterocycles. The normalized spacial score (nSPS) is 11.0. The molecule has 0 bridgehead atoms. The molecule has 3 aromatic rings. The summed E-state index contributed by atoms with van der Waals surface area (Å²) in [7, 11) is 2.72. The zero-order valence-corrected chi connectivity index (χ0v) is 17.8. The van der Waals surface area contributed by atoms with Crippen LogP contribution in [0.15, 0.2) is 54.2 Å². The van der Waals surface area contributed by atoms with Crippen molar-refractivity contribution in [1.82, 2.24) is 10.3 Å². The lowest BCUT2D eigenvalue weighted by Gasteiger charge is -2.10. The molecule has 2 aromatic carbocycles. The molecule has 0 aliphatic rings. The smallest absolute Gasteiger partial charge is 0.343 e. The fourth-order valence-electron chi connectivity index (χ4n) is 3.15. The van der Waals surface area contributed by atoms with E-state index in [-0.39, 0.29) is 12.2 Å². The van der Waals surface area contributed by atoms with E-state index in [1.54, 1.807) is 18.2 Å². The van der Waals surface area contributed by atoms with Crippen molar-refractivity contribution < 1.29 is 23.8 Å². The molecule has 0 radical (unpaired) electrons. The Bertz CT molecular complexity index is 1190. The van der Waals surface area contributed by atoms with Crippen molar-refractivity contribution in [2.45, 2.75) is 6.42 Å². The summed E-state index contributed by atoms with van der Waals surface area (Å²) in [6.07, 6.45) is 4.02. The van der Waals surface area contributed by atoms with Gasteiger partial charge in [-0.05, 0) is 41.8 Å². The predicted molar refractivity (Wildman–Crippen MR) is 119 cm³/mol. The number of carbonyl (C=O) groups excluding carboxylic acids is 2. The number of fused-ring (bicyclic) bond motifs is 1. The van der Waals surface area contributed by atoms with Gasteiger partial charge in [-0.3, -0.25) is 4.79 Å². The van der Waals surface area contributed by atoms with Crippen molar-refractivity contribution in [2.24, 2.45) is 0 Å². The van der Waals surface area contributed by atoms with E-state index in [9.17, 15) is 14.9 Å². The molecule has 164 valence electrons. The Labute approximate surface area is 185 Å². The summed E-state index contributed by atoms with van der Waals surface area (Å²) >= 11 is 0. The first kappa shape index (κ1) is 22.4. The third-order valence-electron chi connectivity index (χ3n) is 4.79. The number of nitrogens with one attached hydrogen (secondary N) is 2. The molecule has 32 heavy (non-hydrogen) atoms. The highest BCUT2D eigenvalue weighted by Gasteiger charge is 2.12. The van der Waals surface area contributed by atoms with Crippen LogP contribution in [0.5, 0.6) is 11.5 Å². The highest BCUT2D eigenvalue weighted by atomic mass is 16.6. The van der Waals surface area contributed by atoms with Gasteiger partial charge in [0.15, 0.2) is 18.1 Å². The first-order valence-electron chi connectivity index (χ1n) is 9.88. The fourth-order valence-corrected chi connectivity index (χ4v) is 3.15. The molecule has 1 heterocycles. The van der Waals surface area contributed by atoms with E-state index >= 15 is 0 Å². The molecule has 1 amide bonds. The van der Waals surface area contributed by atoms with Crippen molar-refractivity contribution in [3.63, 3.8) is 0 Å². The zero-order chi connectivity index (χ0) is 22.9. The van der Waals surface area contributed by atoms with Gasteiger partial charge in [0, 0.05) is 23.6 Å². The second kappa shape index (κ2) is 10.7. The first-order chi connectivity index (χ1) is 15.5. The van der Waals surface area contributed by atoms with Gasteiger partial charge in [-0.1, -0.05) is 24.3 Å². The number of hydrogen-bond acceptors (Lipinski definition) is 6. The molecular weight excluding hydrogens is 410 g/mol. The molecule has 0 aliphatic carbocycles. The number of benzene rings is 2. The number of para-hydroxylation sites is 1. The Hall–Kier alpha value is -4.25. The van der Waals surface area contributed by atoms with Gasteiger partial charge in [0.25, 0.3) is 5.91 Å². The predicted octanol–water partition coefficient (Wildman–Crippen LogP) is 2.99. The van der Waals surface area contributed by atoms with Crippen molar-refractivity contribution in [2.75, 3.05) is 27.4 Å². The molecule has 0 atom stereocenters. The molecule has 0 spiro atoms. The maximum absolute atomic E-state index is 12.5. The lowest BCUT2D eigenvalue weighted by atomic mass is 10.1. The minimum atomic E-state index is -0.521. The van der Waals surface area contributed by atoms with E-state index in [1.807, 2.05) is 36.5 Å². The van der Waals surface area contributed by atoms with Crippen molar-refractivity contribution >= 4 is 28.9 Å². The minimum Gasteiger partial charge on any atom is -0.493 e. The molecular formula is C24H23N3O5. The van der Waals surface area contributed by atoms with Gasteiger partial charge in [-0.15, -0.1) is 0 Å². The lowest BCUT2D eigenvalue weighted by Crippen LogP contribution is -2.26. The van der Waals surface area contributed by atoms with E-state index < -0.39 is 11.9 Å². The summed E-state index contributed by atoms with van der Waals surface area (Å²) < 4.78 is 15.2. The quantitative estimate of drug-likeness (QED) is 0.305. The summed E-state index contributed by atoms with van der Waals surface area (Å²) in [4.78, 5) is 26.9. The average Bonchev–Trinajstić information content (AvgIpc) is 3.24. The number of methoxy groups -OCH3 is 2. The third-order valence-corrected chi connectivity index (χ3v) is 4.79. The van der Waals surface area contributed by atoms with Gasteiger partial charge < -0.3 is 24.5 Å². The standard InChI is InChI=1S/C24H23N3O5/c1-30-22-12-16(7-8-21(22)32-15-23(28)31-2)11-18(13-25)24(29)26-10-9-17-14-27-20-6-4-3-5-19(17)20/h3-8,11-12,14,27H,9-10,15H2,1-2H3,(H,26,29)/b18-11-. The number of nitrogens with zero attached hydrogens (tertiary/aromatic N) is 1. The SMILES string of the molecule is COC(=O)COc1ccc(/C=C(/C#N)C(=O)NCCc2c[nH]c3ccccc23)cc1OC. The fraction of sp³-hybridized carbons (Fsp3) is 0.208. The Morgan fingerprint density at radius 1 is 1.16 bits per heavy atom. The molecule has 0 unspecified atom stereocenters. The van der Waals surface area contributed by atoms with Crippen molar-refractivity contribution in [3.05, 3.63) is 65.4 Å². The van der Waals surface area contributed by atoms with Crippen LogP contribution in [0.3, 0.4) is 0 Å². The minimum absolute atomic E-state index is 0.0331. The van der Waals surface area contributed by atoms with Crippen molar-refractivity contribution in [3.8, 4) is 17.6 Å². The van der Waals surface area contributed by atoms with Crippen LogP contribution in [0.25, 0.3) is 17.0 Å². The maximum atomic E-state index is 12.5. The van der Waals surface area contributed by atoms with E-state index in [4.69, 9.17) is 9.47 Å². The van der Waals surface area contributed by atoms with Crippen molar-refractivity contribution in [1.29, 1.82) is 5.26 Å². The van der Waals surface area contributed by atoms with E-state index in [0.717, 1.165) is 16.5 Å². The number of ether oxygens (including phenoxy) is 3. The maximum Gasteiger partial charge on any atom is 0.343 e. The summed E-state index contributed by atoms with van der Waals surface area (Å²) in [5, 5.41) is 13.3. The number of hydrogen-bond donors (Lipinski definition) is 2.